The first-order chi connectivity index (χ1) is 18.1. The fourth-order valence-corrected chi connectivity index (χ4v) is 4.48. The minimum absolute atomic E-state index is 0. The van der Waals surface area contributed by atoms with Crippen molar-refractivity contribution < 1.29 is 19.6 Å². The Hall–Kier alpha value is -3.63. The highest BCUT2D eigenvalue weighted by Gasteiger charge is 2.35. The molecule has 0 aromatic heterocycles. The number of halogens is 1. The van der Waals surface area contributed by atoms with Gasteiger partial charge in [0.05, 0.1) is 11.6 Å². The topological polar surface area (TPSA) is 172 Å². The normalized spacial score (nSPS) is 12.8. The number of hydrogen-bond donors (Lipinski definition) is 6. The van der Waals surface area contributed by atoms with Crippen LogP contribution < -0.4 is 27.6 Å². The number of aliphatic imine (C=N–C) groups is 1. The largest absolute Gasteiger partial charge is 0.370 e. The van der Waals surface area contributed by atoms with Crippen LogP contribution in [0.5, 0.6) is 0 Å². The number of aryl methyl sites for hydroxylation is 1. The maximum atomic E-state index is 13.6. The molecule has 3 atom stereocenters. The van der Waals surface area contributed by atoms with E-state index in [1.807, 2.05) is 44.2 Å². The molecule has 8 N–H and O–H groups in total. The van der Waals surface area contributed by atoms with E-state index in [2.05, 4.69) is 15.6 Å². The number of carbonyl (C=O) groups excluding carboxylic acids is 3. The van der Waals surface area contributed by atoms with Crippen LogP contribution in [0, 0.1) is 17.8 Å². The van der Waals surface area contributed by atoms with Gasteiger partial charge in [0.15, 0.2) is 5.96 Å². The zero-order valence-electron chi connectivity index (χ0n) is 22.7. The summed E-state index contributed by atoms with van der Waals surface area (Å²) in [5.74, 6) is -2.81. The Kier molecular flexibility index (Phi) is 14.6. The summed E-state index contributed by atoms with van der Waals surface area (Å²) >= 11 is 0. The third kappa shape index (κ3) is 11.3. The second-order valence-corrected chi connectivity index (χ2v) is 9.78. The maximum absolute atomic E-state index is 13.6. The van der Waals surface area contributed by atoms with Crippen LogP contribution >= 0.6 is 12.4 Å². The molecule has 0 aliphatic rings. The Morgan fingerprint density at radius 3 is 2.08 bits per heavy atom. The number of benzene rings is 2. The number of guanidine groups is 1. The molecule has 0 bridgehead atoms. The van der Waals surface area contributed by atoms with Gasteiger partial charge in [0.1, 0.15) is 6.04 Å². The van der Waals surface area contributed by atoms with Crippen LogP contribution in [0.25, 0.3) is 0 Å². The van der Waals surface area contributed by atoms with Crippen molar-refractivity contribution in [1.82, 2.24) is 16.1 Å². The third-order valence-electron chi connectivity index (χ3n) is 6.33. The minimum Gasteiger partial charge on any atom is -0.370 e. The fraction of sp³-hybridized carbons (Fsp3) is 0.429. The van der Waals surface area contributed by atoms with Crippen molar-refractivity contribution in [2.45, 2.75) is 52.0 Å². The lowest BCUT2D eigenvalue weighted by molar-refractivity contribution is -0.142. The molecule has 214 valence electrons. The molecule has 0 saturated carbocycles. The molecular formula is C28H41ClN6O4. The van der Waals surface area contributed by atoms with Crippen molar-refractivity contribution in [3.63, 3.8) is 0 Å². The van der Waals surface area contributed by atoms with E-state index in [1.165, 1.54) is 7.05 Å². The van der Waals surface area contributed by atoms with Crippen LogP contribution in [0.1, 0.15) is 44.2 Å². The molecule has 11 heteroatoms. The van der Waals surface area contributed by atoms with E-state index in [4.69, 9.17) is 11.5 Å². The van der Waals surface area contributed by atoms with Crippen molar-refractivity contribution >= 4 is 41.8 Å². The van der Waals surface area contributed by atoms with Gasteiger partial charge in [-0.15, -0.1) is 12.4 Å². The van der Waals surface area contributed by atoms with E-state index in [-0.39, 0.29) is 36.6 Å². The van der Waals surface area contributed by atoms with Gasteiger partial charge >= 0.3 is 0 Å². The van der Waals surface area contributed by atoms with Gasteiger partial charge in [-0.25, -0.2) is 10.5 Å². The Balaban J connectivity index is 0.00000760. The molecule has 10 nitrogen and oxygen atoms in total. The van der Waals surface area contributed by atoms with Crippen molar-refractivity contribution in [1.29, 1.82) is 0 Å². The number of nitrogens with zero attached hydrogens (tertiary/aromatic N) is 1. The maximum Gasteiger partial charge on any atom is 0.247 e. The van der Waals surface area contributed by atoms with Crippen molar-refractivity contribution in [2.75, 3.05) is 7.05 Å². The molecule has 2 aromatic carbocycles. The first-order valence-electron chi connectivity index (χ1n) is 12.8. The number of nitrogens with one attached hydrogen (secondary N) is 3. The Bertz CT molecular complexity index is 1080. The summed E-state index contributed by atoms with van der Waals surface area (Å²) in [6.07, 6.45) is 2.45. The molecule has 0 spiro atoms. The monoisotopic (exact) mass is 560 g/mol. The highest BCUT2D eigenvalue weighted by atomic mass is 35.5. The summed E-state index contributed by atoms with van der Waals surface area (Å²) in [6.45, 7) is 3.93. The van der Waals surface area contributed by atoms with E-state index < -0.39 is 29.7 Å². The molecule has 0 radical (unpaired) electrons. The molecule has 0 aliphatic heterocycles. The van der Waals surface area contributed by atoms with Gasteiger partial charge in [0, 0.05) is 19.4 Å². The number of nitrogens with two attached hydrogens (primary N) is 2. The highest BCUT2D eigenvalue weighted by molar-refractivity contribution is 5.91. The summed E-state index contributed by atoms with van der Waals surface area (Å²) in [5.41, 5.74) is 15.1. The molecule has 1 unspecified atom stereocenters. The van der Waals surface area contributed by atoms with Gasteiger partial charge in [0.25, 0.3) is 0 Å². The quantitative estimate of drug-likeness (QED) is 0.0896. The van der Waals surface area contributed by atoms with E-state index >= 15 is 0 Å². The number of rotatable bonds is 14. The van der Waals surface area contributed by atoms with Crippen molar-refractivity contribution in [3.05, 3.63) is 65.7 Å². The first-order valence-corrected chi connectivity index (χ1v) is 12.8. The summed E-state index contributed by atoms with van der Waals surface area (Å²) in [6, 6.07) is 16.0. The van der Waals surface area contributed by atoms with Crippen LogP contribution in [0.15, 0.2) is 59.6 Å². The van der Waals surface area contributed by atoms with E-state index in [0.29, 0.717) is 24.9 Å². The van der Waals surface area contributed by atoms with Gasteiger partial charge < -0.3 is 22.1 Å². The predicted molar refractivity (Wildman–Crippen MR) is 155 cm³/mol. The van der Waals surface area contributed by atoms with Crippen LogP contribution in [-0.4, -0.2) is 42.0 Å². The molecule has 0 aliphatic carbocycles. The Morgan fingerprint density at radius 1 is 0.897 bits per heavy atom. The number of likely N-dealkylation sites (N-methyl/N-ethyl adjacent to an activating group) is 1. The zero-order valence-corrected chi connectivity index (χ0v) is 23.5. The van der Waals surface area contributed by atoms with Crippen molar-refractivity contribution in [3.8, 4) is 0 Å². The minimum atomic E-state index is -0.863. The van der Waals surface area contributed by atoms with Gasteiger partial charge in [-0.3, -0.25) is 19.6 Å². The summed E-state index contributed by atoms with van der Waals surface area (Å²) < 4.78 is 0. The average molecular weight is 561 g/mol. The number of hydrogen-bond acceptors (Lipinski definition) is 5. The summed E-state index contributed by atoms with van der Waals surface area (Å²) in [4.78, 5) is 43.0. The van der Waals surface area contributed by atoms with Crippen LogP contribution in [-0.2, 0) is 27.2 Å². The van der Waals surface area contributed by atoms with Gasteiger partial charge in [-0.1, -0.05) is 56.3 Å². The van der Waals surface area contributed by atoms with E-state index in [9.17, 15) is 19.6 Å². The van der Waals surface area contributed by atoms with Crippen LogP contribution in [0.3, 0.4) is 0 Å². The lowest BCUT2D eigenvalue weighted by Crippen LogP contribution is -2.51. The van der Waals surface area contributed by atoms with E-state index in [1.54, 1.807) is 29.7 Å². The summed E-state index contributed by atoms with van der Waals surface area (Å²) in [7, 11) is 1.50. The Morgan fingerprint density at radius 2 is 1.54 bits per heavy atom. The molecule has 2 rings (SSSR count). The first kappa shape index (κ1) is 33.4. The molecule has 0 saturated heterocycles. The predicted octanol–water partition coefficient (Wildman–Crippen LogP) is 2.59. The van der Waals surface area contributed by atoms with Crippen LogP contribution in [0.2, 0.25) is 0 Å². The standard InChI is InChI=1S/C28H40N6O4.ClH/c1-18(2)16-23(22(26(36)34-38)11-7-10-19-8-5-4-6-9-19)25(35)33-24(27(37)31-3)17-20-12-14-21(15-13-20)32-28(29)30;/h4-6,8-9,12-15,18,22-24,38H,7,10-11,16-17H2,1-3H3,(H,31,37)(H,33,35)(H,34,36)(H4,29,30,32);1H/t22-,23?,24-;/m0./s1. The third-order valence-corrected chi connectivity index (χ3v) is 6.33. The number of hydroxylamine groups is 1. The molecule has 39 heavy (non-hydrogen) atoms. The average Bonchev–Trinajstić information content (AvgIpc) is 2.90. The van der Waals surface area contributed by atoms with Gasteiger partial charge in [-0.05, 0) is 54.9 Å². The number of amides is 3. The van der Waals surface area contributed by atoms with Gasteiger partial charge in [0.2, 0.25) is 17.7 Å². The lowest BCUT2D eigenvalue weighted by atomic mass is 9.80. The summed E-state index contributed by atoms with van der Waals surface area (Å²) in [5, 5.41) is 14.9. The van der Waals surface area contributed by atoms with Crippen molar-refractivity contribution in [2.24, 2.45) is 34.2 Å². The SMILES string of the molecule is CNC(=O)[C@H](Cc1ccc(N=C(N)N)cc1)NC(=O)C(CC(C)C)[C@H](CCCc1ccccc1)C(=O)NO.Cl. The lowest BCUT2D eigenvalue weighted by Gasteiger charge is -2.28. The second kappa shape index (κ2) is 17.1. The molecule has 3 amide bonds. The number of carbonyl (C=O) groups is 3. The molecule has 0 heterocycles. The molecule has 2 aromatic rings. The molecular weight excluding hydrogens is 520 g/mol. The Labute approximate surface area is 236 Å². The fourth-order valence-electron chi connectivity index (χ4n) is 4.48. The highest BCUT2D eigenvalue weighted by Crippen LogP contribution is 2.27. The second-order valence-electron chi connectivity index (χ2n) is 9.78. The van der Waals surface area contributed by atoms with Crippen LogP contribution in [0.4, 0.5) is 5.69 Å². The zero-order chi connectivity index (χ0) is 28.1. The molecule has 0 fully saturated rings. The smallest absolute Gasteiger partial charge is 0.247 e. The van der Waals surface area contributed by atoms with E-state index in [0.717, 1.165) is 17.5 Å². The van der Waals surface area contributed by atoms with Gasteiger partial charge in [-0.2, -0.15) is 0 Å².